The molecule has 2 heterocycles. The van der Waals surface area contributed by atoms with Crippen LogP contribution in [0.15, 0.2) is 48.5 Å². The summed E-state index contributed by atoms with van der Waals surface area (Å²) in [4.78, 5) is 31.2. The normalized spacial score (nSPS) is 15.0. The molecule has 168 valence electrons. The van der Waals surface area contributed by atoms with Crippen molar-refractivity contribution < 1.29 is 19.4 Å². The molecule has 4 rings (SSSR count). The van der Waals surface area contributed by atoms with Gasteiger partial charge in [0.15, 0.2) is 0 Å². The highest BCUT2D eigenvalue weighted by Crippen LogP contribution is 2.29. The van der Waals surface area contributed by atoms with Crippen molar-refractivity contribution >= 4 is 17.5 Å². The van der Waals surface area contributed by atoms with Crippen LogP contribution >= 0.6 is 0 Å². The molecule has 1 atom stereocenters. The number of hydrogen-bond acceptors (Lipinski definition) is 6. The van der Waals surface area contributed by atoms with Gasteiger partial charge in [-0.15, -0.1) is 5.10 Å². The number of anilines is 1. The van der Waals surface area contributed by atoms with Crippen LogP contribution in [0, 0.1) is 11.8 Å². The molecular weight excluding hydrogens is 422 g/mol. The minimum atomic E-state index is -0.865. The molecule has 3 N–H and O–H groups in total. The van der Waals surface area contributed by atoms with E-state index < -0.39 is 11.9 Å². The van der Waals surface area contributed by atoms with Crippen LogP contribution in [-0.2, 0) is 11.2 Å². The van der Waals surface area contributed by atoms with E-state index in [0.29, 0.717) is 30.1 Å². The minimum Gasteiger partial charge on any atom is -0.489 e. The SMILES string of the molecule is CN1C(=O)C(NC(=O)c2n[nH]c(Cc3ccc(C#CCCO)cc3)n2)COc2ccccc21. The zero-order valence-electron chi connectivity index (χ0n) is 18.0. The molecule has 1 aromatic heterocycles. The molecule has 0 aliphatic carbocycles. The molecule has 1 unspecified atom stereocenters. The molecule has 9 heteroatoms. The Bertz CT molecular complexity index is 1210. The van der Waals surface area contributed by atoms with Crippen LogP contribution < -0.4 is 15.0 Å². The Labute approximate surface area is 190 Å². The number of carbonyl (C=O) groups is 2. The third kappa shape index (κ3) is 5.19. The number of nitrogens with one attached hydrogen (secondary N) is 2. The third-order valence-electron chi connectivity index (χ3n) is 5.10. The van der Waals surface area contributed by atoms with Gasteiger partial charge in [-0.25, -0.2) is 4.98 Å². The van der Waals surface area contributed by atoms with Crippen molar-refractivity contribution in [2.45, 2.75) is 18.9 Å². The summed E-state index contributed by atoms with van der Waals surface area (Å²) in [5.74, 6) is 6.05. The lowest BCUT2D eigenvalue weighted by atomic mass is 10.1. The standard InChI is InChI=1S/C24H23N5O4/c1-29-19-7-2-3-8-20(19)33-15-18(24(29)32)25-23(31)22-26-21(27-28-22)14-17-11-9-16(10-12-17)6-4-5-13-30/h2-3,7-12,18,30H,5,13-15H2,1H3,(H,25,31)(H,26,27,28). The van der Waals surface area contributed by atoms with Crippen LogP contribution in [0.5, 0.6) is 5.75 Å². The number of hydrogen-bond donors (Lipinski definition) is 3. The van der Waals surface area contributed by atoms with Gasteiger partial charge in [0.1, 0.15) is 24.2 Å². The summed E-state index contributed by atoms with van der Waals surface area (Å²) in [5.41, 5.74) is 2.47. The fraction of sp³-hybridized carbons (Fsp3) is 0.250. The van der Waals surface area contributed by atoms with E-state index in [-0.39, 0.29) is 24.9 Å². The highest BCUT2D eigenvalue weighted by molar-refractivity contribution is 6.02. The van der Waals surface area contributed by atoms with Crippen LogP contribution in [0.2, 0.25) is 0 Å². The molecule has 1 aliphatic heterocycles. The number of para-hydroxylation sites is 2. The summed E-state index contributed by atoms with van der Waals surface area (Å²) in [6.07, 6.45) is 0.889. The maximum Gasteiger partial charge on any atom is 0.291 e. The van der Waals surface area contributed by atoms with E-state index in [9.17, 15) is 9.59 Å². The number of aliphatic hydroxyl groups is 1. The Morgan fingerprint density at radius 1 is 1.27 bits per heavy atom. The van der Waals surface area contributed by atoms with Crippen LogP contribution in [0.25, 0.3) is 0 Å². The molecule has 2 amide bonds. The van der Waals surface area contributed by atoms with Gasteiger partial charge in [-0.3, -0.25) is 14.7 Å². The maximum atomic E-state index is 12.8. The number of fused-ring (bicyclic) bond motifs is 1. The third-order valence-corrected chi connectivity index (χ3v) is 5.10. The zero-order chi connectivity index (χ0) is 23.2. The van der Waals surface area contributed by atoms with E-state index in [1.165, 1.54) is 4.90 Å². The Morgan fingerprint density at radius 3 is 2.85 bits per heavy atom. The molecular formula is C24H23N5O4. The predicted octanol–water partition coefficient (Wildman–Crippen LogP) is 1.28. The van der Waals surface area contributed by atoms with Gasteiger partial charge in [-0.05, 0) is 29.8 Å². The van der Waals surface area contributed by atoms with E-state index in [1.807, 2.05) is 36.4 Å². The number of aliphatic hydroxyl groups excluding tert-OH is 1. The maximum absolute atomic E-state index is 12.8. The molecule has 0 bridgehead atoms. The van der Waals surface area contributed by atoms with Crippen molar-refractivity contribution in [2.24, 2.45) is 0 Å². The molecule has 3 aromatic rings. The van der Waals surface area contributed by atoms with Crippen LogP contribution in [0.1, 0.15) is 34.0 Å². The molecule has 0 spiro atoms. The monoisotopic (exact) mass is 445 g/mol. The molecule has 1 aliphatic rings. The van der Waals surface area contributed by atoms with Gasteiger partial charge in [0.25, 0.3) is 11.8 Å². The Hall–Kier alpha value is -4.16. The van der Waals surface area contributed by atoms with Crippen molar-refractivity contribution in [3.63, 3.8) is 0 Å². The number of likely N-dealkylation sites (N-methyl/N-ethyl adjacent to an activating group) is 1. The first-order valence-corrected chi connectivity index (χ1v) is 10.5. The fourth-order valence-corrected chi connectivity index (χ4v) is 3.38. The van der Waals surface area contributed by atoms with E-state index >= 15 is 0 Å². The predicted molar refractivity (Wildman–Crippen MR) is 121 cm³/mol. The number of nitrogens with zero attached hydrogens (tertiary/aromatic N) is 3. The zero-order valence-corrected chi connectivity index (χ0v) is 18.0. The van der Waals surface area contributed by atoms with E-state index in [0.717, 1.165) is 11.1 Å². The lowest BCUT2D eigenvalue weighted by molar-refractivity contribution is -0.120. The first-order valence-electron chi connectivity index (χ1n) is 10.5. The number of ether oxygens (including phenoxy) is 1. The highest BCUT2D eigenvalue weighted by atomic mass is 16.5. The summed E-state index contributed by atoms with van der Waals surface area (Å²) in [6, 6.07) is 13.9. The Kier molecular flexibility index (Phi) is 6.66. The first kappa shape index (κ1) is 22.0. The molecule has 33 heavy (non-hydrogen) atoms. The molecule has 2 aromatic carbocycles. The fourth-order valence-electron chi connectivity index (χ4n) is 3.38. The van der Waals surface area contributed by atoms with Crippen LogP contribution in [0.4, 0.5) is 5.69 Å². The van der Waals surface area contributed by atoms with Gasteiger partial charge in [0, 0.05) is 25.5 Å². The van der Waals surface area contributed by atoms with Gasteiger partial charge in [0.05, 0.1) is 12.3 Å². The van der Waals surface area contributed by atoms with E-state index in [1.54, 1.807) is 19.2 Å². The molecule has 0 saturated carbocycles. The van der Waals surface area contributed by atoms with Gasteiger partial charge in [-0.2, -0.15) is 0 Å². The van der Waals surface area contributed by atoms with Crippen molar-refractivity contribution in [2.75, 3.05) is 25.2 Å². The van der Waals surface area contributed by atoms with E-state index in [4.69, 9.17) is 9.84 Å². The first-order chi connectivity index (χ1) is 16.0. The largest absolute Gasteiger partial charge is 0.489 e. The second kappa shape index (κ2) is 9.97. The second-order valence-corrected chi connectivity index (χ2v) is 7.46. The lowest BCUT2D eigenvalue weighted by Gasteiger charge is -2.19. The summed E-state index contributed by atoms with van der Waals surface area (Å²) >= 11 is 0. The van der Waals surface area contributed by atoms with E-state index in [2.05, 4.69) is 32.3 Å². The van der Waals surface area contributed by atoms with Crippen LogP contribution in [0.3, 0.4) is 0 Å². The Morgan fingerprint density at radius 2 is 2.06 bits per heavy atom. The van der Waals surface area contributed by atoms with Gasteiger partial charge in [-0.1, -0.05) is 36.1 Å². The summed E-state index contributed by atoms with van der Waals surface area (Å²) in [7, 11) is 1.64. The number of carbonyl (C=O) groups excluding carboxylic acids is 2. The number of aromatic amines is 1. The average Bonchev–Trinajstić information content (AvgIpc) is 3.26. The van der Waals surface area contributed by atoms with Crippen molar-refractivity contribution in [1.82, 2.24) is 20.5 Å². The van der Waals surface area contributed by atoms with Crippen LogP contribution in [-0.4, -0.2) is 58.4 Å². The summed E-state index contributed by atoms with van der Waals surface area (Å²) in [5, 5.41) is 18.2. The number of H-pyrrole nitrogens is 1. The topological polar surface area (TPSA) is 120 Å². The number of benzene rings is 2. The molecule has 9 nitrogen and oxygen atoms in total. The molecule has 0 saturated heterocycles. The average molecular weight is 445 g/mol. The number of amides is 2. The number of aromatic nitrogens is 3. The summed E-state index contributed by atoms with van der Waals surface area (Å²) < 4.78 is 5.72. The minimum absolute atomic E-state index is 0.0107. The molecule has 0 fully saturated rings. The molecule has 0 radical (unpaired) electrons. The second-order valence-electron chi connectivity index (χ2n) is 7.46. The summed E-state index contributed by atoms with van der Waals surface area (Å²) in [6.45, 7) is 0.0511. The highest BCUT2D eigenvalue weighted by Gasteiger charge is 2.31. The quantitative estimate of drug-likeness (QED) is 0.509. The van der Waals surface area contributed by atoms with Crippen molar-refractivity contribution in [3.8, 4) is 17.6 Å². The Balaban J connectivity index is 1.38. The number of rotatable bonds is 5. The van der Waals surface area contributed by atoms with Gasteiger partial charge in [0.2, 0.25) is 5.82 Å². The smallest absolute Gasteiger partial charge is 0.291 e. The lowest BCUT2D eigenvalue weighted by Crippen LogP contribution is -2.49. The van der Waals surface area contributed by atoms with Crippen molar-refractivity contribution in [1.29, 1.82) is 0 Å². The van der Waals surface area contributed by atoms with Crippen molar-refractivity contribution in [3.05, 3.63) is 71.3 Å². The van der Waals surface area contributed by atoms with Gasteiger partial charge < -0.3 is 20.1 Å². The van der Waals surface area contributed by atoms with Gasteiger partial charge >= 0.3 is 0 Å².